The number of rotatable bonds is 4. The summed E-state index contributed by atoms with van der Waals surface area (Å²) in [4.78, 5) is 10.8. The van der Waals surface area contributed by atoms with E-state index in [-0.39, 0.29) is 10.8 Å². The second-order valence-corrected chi connectivity index (χ2v) is 14.3. The average Bonchev–Trinajstić information content (AvgIpc) is 3.35. The molecule has 2 heterocycles. The summed E-state index contributed by atoms with van der Waals surface area (Å²) in [6.45, 7) is 13.5. The summed E-state index contributed by atoms with van der Waals surface area (Å²) < 4.78 is 0. The maximum absolute atomic E-state index is 5.42. The third kappa shape index (κ3) is 4.90. The van der Waals surface area contributed by atoms with Gasteiger partial charge in [0.2, 0.25) is 0 Å². The van der Waals surface area contributed by atoms with Crippen molar-refractivity contribution < 1.29 is 0 Å². The van der Waals surface area contributed by atoms with E-state index in [4.69, 9.17) is 9.97 Å². The molecule has 1 aliphatic rings. The predicted octanol–water partition coefficient (Wildman–Crippen LogP) is 10.8. The molecule has 0 saturated heterocycles. The van der Waals surface area contributed by atoms with Crippen LogP contribution in [0, 0.1) is 0 Å². The summed E-state index contributed by atoms with van der Waals surface area (Å²) in [5.41, 5.74) is 13.1. The summed E-state index contributed by atoms with van der Waals surface area (Å²) in [6, 6.07) is 48.3. The van der Waals surface area contributed by atoms with Crippen LogP contribution in [0.1, 0.15) is 74.9 Å². The Morgan fingerprint density at radius 1 is 0.400 bits per heavy atom. The van der Waals surface area contributed by atoms with Gasteiger partial charge in [0.15, 0.2) is 0 Å². The summed E-state index contributed by atoms with van der Waals surface area (Å²) in [5, 5.41) is 0. The number of hydrogen-bond donors (Lipinski definition) is 0. The van der Waals surface area contributed by atoms with Gasteiger partial charge in [0.25, 0.3) is 0 Å². The third-order valence-corrected chi connectivity index (χ3v) is 9.33. The van der Waals surface area contributed by atoms with Crippen molar-refractivity contribution in [3.8, 4) is 33.9 Å². The Kier molecular flexibility index (Phi) is 6.85. The van der Waals surface area contributed by atoms with E-state index in [9.17, 15) is 0 Å². The highest BCUT2D eigenvalue weighted by Gasteiger charge is 2.48. The molecule has 0 atom stereocenters. The molecule has 2 heteroatoms. The van der Waals surface area contributed by atoms with Gasteiger partial charge in [0.05, 0.1) is 28.2 Å². The zero-order valence-corrected chi connectivity index (χ0v) is 27.1. The lowest BCUT2D eigenvalue weighted by atomic mass is 9.68. The molecule has 0 unspecified atom stereocenters. The van der Waals surface area contributed by atoms with Crippen molar-refractivity contribution in [1.82, 2.24) is 9.97 Å². The zero-order valence-electron chi connectivity index (χ0n) is 27.1. The van der Waals surface area contributed by atoms with E-state index in [1.165, 1.54) is 22.3 Å². The van der Waals surface area contributed by atoms with Crippen molar-refractivity contribution >= 4 is 0 Å². The van der Waals surface area contributed by atoms with Crippen LogP contribution >= 0.6 is 0 Å². The van der Waals surface area contributed by atoms with Crippen LogP contribution in [0.25, 0.3) is 33.9 Å². The molecule has 0 saturated carbocycles. The van der Waals surface area contributed by atoms with Crippen LogP contribution in [0.2, 0.25) is 0 Å². The lowest BCUT2D eigenvalue weighted by molar-refractivity contribution is 0.590. The summed E-state index contributed by atoms with van der Waals surface area (Å²) in [6.07, 6.45) is 0. The standard InChI is InChI=1S/C43H40N2/c1-41(2,3)31-21-17-29(18-22-31)37-27-25-35-39(44-37)40-36(26-28-38(45-40)30-19-23-32(24-20-30)42(4,5)6)43(35,33-13-9-7-10-14-33)34-15-11-8-12-16-34/h7-28H,1-6H3. The first-order valence-corrected chi connectivity index (χ1v) is 15.9. The van der Waals surface area contributed by atoms with Crippen molar-refractivity contribution in [2.45, 2.75) is 57.8 Å². The largest absolute Gasteiger partial charge is 0.246 e. The van der Waals surface area contributed by atoms with Gasteiger partial charge >= 0.3 is 0 Å². The van der Waals surface area contributed by atoms with Crippen molar-refractivity contribution in [1.29, 1.82) is 0 Å². The summed E-state index contributed by atoms with van der Waals surface area (Å²) >= 11 is 0. The van der Waals surface area contributed by atoms with Crippen molar-refractivity contribution in [3.63, 3.8) is 0 Å². The Balaban J connectivity index is 1.47. The minimum absolute atomic E-state index is 0.0964. The molecular formula is C43H40N2. The van der Waals surface area contributed by atoms with Gasteiger partial charge in [-0.15, -0.1) is 0 Å². The fourth-order valence-electron chi connectivity index (χ4n) is 6.80. The average molecular weight is 585 g/mol. The minimum atomic E-state index is -0.531. The van der Waals surface area contributed by atoms with Crippen LogP contribution in [0.3, 0.4) is 0 Å². The molecule has 0 N–H and O–H groups in total. The highest BCUT2D eigenvalue weighted by atomic mass is 14.8. The van der Waals surface area contributed by atoms with Gasteiger partial charge < -0.3 is 0 Å². The highest BCUT2D eigenvalue weighted by Crippen LogP contribution is 2.55. The molecule has 45 heavy (non-hydrogen) atoms. The molecule has 0 bridgehead atoms. The highest BCUT2D eigenvalue weighted by molar-refractivity contribution is 5.84. The molecule has 2 aromatic heterocycles. The number of benzene rings is 4. The first-order valence-electron chi connectivity index (χ1n) is 15.9. The predicted molar refractivity (Wildman–Crippen MR) is 188 cm³/mol. The number of aromatic nitrogens is 2. The van der Waals surface area contributed by atoms with E-state index >= 15 is 0 Å². The van der Waals surface area contributed by atoms with Crippen LogP contribution < -0.4 is 0 Å². The lowest BCUT2D eigenvalue weighted by Crippen LogP contribution is -2.28. The van der Waals surface area contributed by atoms with Crippen LogP contribution in [-0.4, -0.2) is 9.97 Å². The quantitative estimate of drug-likeness (QED) is 0.206. The Hall–Kier alpha value is -4.82. The second-order valence-electron chi connectivity index (χ2n) is 14.3. The monoisotopic (exact) mass is 584 g/mol. The molecule has 6 aromatic rings. The smallest absolute Gasteiger partial charge is 0.0945 e. The molecule has 222 valence electrons. The lowest BCUT2D eigenvalue weighted by Gasteiger charge is -2.33. The Labute approximate surface area is 267 Å². The fourth-order valence-corrected chi connectivity index (χ4v) is 6.80. The Morgan fingerprint density at radius 2 is 0.756 bits per heavy atom. The molecule has 0 radical (unpaired) electrons. The van der Waals surface area contributed by atoms with E-state index in [2.05, 4.69) is 175 Å². The number of pyridine rings is 2. The van der Waals surface area contributed by atoms with Gasteiger partial charge in [-0.2, -0.15) is 0 Å². The molecule has 4 aromatic carbocycles. The van der Waals surface area contributed by atoms with Crippen LogP contribution in [0.4, 0.5) is 0 Å². The fraction of sp³-hybridized carbons (Fsp3) is 0.209. The molecule has 1 aliphatic carbocycles. The molecule has 7 rings (SSSR count). The van der Waals surface area contributed by atoms with E-state index in [0.29, 0.717) is 0 Å². The SMILES string of the molecule is CC(C)(C)c1ccc(-c2ccc3c(n2)-c2nc(-c4ccc(C(C)(C)C)cc4)ccc2C3(c2ccccc2)c2ccccc2)cc1. The molecule has 0 aliphatic heterocycles. The van der Waals surface area contributed by atoms with Gasteiger partial charge in [-0.3, -0.25) is 0 Å². The van der Waals surface area contributed by atoms with E-state index in [0.717, 1.165) is 45.0 Å². The molecule has 2 nitrogen and oxygen atoms in total. The molecule has 0 amide bonds. The normalized spacial score (nSPS) is 13.7. The van der Waals surface area contributed by atoms with Crippen molar-refractivity contribution in [3.05, 3.63) is 167 Å². The number of fused-ring (bicyclic) bond motifs is 3. The summed E-state index contributed by atoms with van der Waals surface area (Å²) in [5.74, 6) is 0. The maximum atomic E-state index is 5.42. The Morgan fingerprint density at radius 3 is 1.09 bits per heavy atom. The number of nitrogens with zero attached hydrogens (tertiary/aromatic N) is 2. The van der Waals surface area contributed by atoms with Crippen molar-refractivity contribution in [2.24, 2.45) is 0 Å². The topological polar surface area (TPSA) is 25.8 Å². The van der Waals surface area contributed by atoms with Crippen LogP contribution in [0.15, 0.2) is 133 Å². The third-order valence-electron chi connectivity index (χ3n) is 9.33. The van der Waals surface area contributed by atoms with E-state index in [1.807, 2.05) is 0 Å². The first-order chi connectivity index (χ1) is 21.6. The van der Waals surface area contributed by atoms with Gasteiger partial charge in [-0.25, -0.2) is 9.97 Å². The van der Waals surface area contributed by atoms with Gasteiger partial charge in [0.1, 0.15) is 0 Å². The zero-order chi connectivity index (χ0) is 31.4. The Bertz CT molecular complexity index is 1830. The van der Waals surface area contributed by atoms with Gasteiger partial charge in [-0.1, -0.05) is 163 Å². The second kappa shape index (κ2) is 10.7. The number of hydrogen-bond acceptors (Lipinski definition) is 2. The van der Waals surface area contributed by atoms with Gasteiger partial charge in [0, 0.05) is 11.1 Å². The molecule has 0 spiro atoms. The van der Waals surface area contributed by atoms with Crippen LogP contribution in [-0.2, 0) is 16.2 Å². The van der Waals surface area contributed by atoms with Gasteiger partial charge in [-0.05, 0) is 56.3 Å². The van der Waals surface area contributed by atoms with Crippen LogP contribution in [0.5, 0.6) is 0 Å². The summed E-state index contributed by atoms with van der Waals surface area (Å²) in [7, 11) is 0. The molecular weight excluding hydrogens is 544 g/mol. The van der Waals surface area contributed by atoms with Crippen molar-refractivity contribution in [2.75, 3.05) is 0 Å². The molecule has 0 fully saturated rings. The van der Waals surface area contributed by atoms with E-state index < -0.39 is 5.41 Å². The minimum Gasteiger partial charge on any atom is -0.246 e. The maximum Gasteiger partial charge on any atom is 0.0945 e. The van der Waals surface area contributed by atoms with E-state index in [1.54, 1.807) is 0 Å². The first kappa shape index (κ1) is 28.9.